The van der Waals surface area contributed by atoms with Gasteiger partial charge in [0.15, 0.2) is 0 Å². The number of aromatic nitrogens is 2. The number of pyridine rings is 2. The van der Waals surface area contributed by atoms with Crippen LogP contribution in [0, 0.1) is 0 Å². The summed E-state index contributed by atoms with van der Waals surface area (Å²) in [5.74, 6) is 0.775. The molecule has 1 unspecified atom stereocenters. The standard InChI is InChI=1S/C14H14F3N3O/c1-7-3-4-20(2)13-8(7)5-9-10(14(15,16)17)6-11(21)18-12(9)19-13/h5-7H,3-4H2,1-2H3,(H,18,19,21). The fourth-order valence-electron chi connectivity index (χ4n) is 2.73. The number of hydrogen-bond acceptors (Lipinski definition) is 3. The van der Waals surface area contributed by atoms with Crippen molar-refractivity contribution in [1.29, 1.82) is 0 Å². The maximum atomic E-state index is 13.1. The molecule has 1 atom stereocenters. The van der Waals surface area contributed by atoms with Gasteiger partial charge in [0.1, 0.15) is 11.5 Å². The van der Waals surface area contributed by atoms with E-state index in [9.17, 15) is 18.0 Å². The minimum Gasteiger partial charge on any atom is -0.359 e. The third-order valence-electron chi connectivity index (χ3n) is 3.93. The molecule has 1 aliphatic rings. The van der Waals surface area contributed by atoms with Crippen molar-refractivity contribution < 1.29 is 13.2 Å². The Hall–Kier alpha value is -2.05. The second-order valence-corrected chi connectivity index (χ2v) is 5.45. The van der Waals surface area contributed by atoms with Crippen LogP contribution in [0.4, 0.5) is 19.0 Å². The molecule has 0 amide bonds. The number of fused-ring (bicyclic) bond motifs is 2. The van der Waals surface area contributed by atoms with Crippen molar-refractivity contribution in [2.45, 2.75) is 25.4 Å². The fraction of sp³-hybridized carbons (Fsp3) is 0.429. The Morgan fingerprint density at radius 2 is 2.10 bits per heavy atom. The molecule has 112 valence electrons. The Bertz CT molecular complexity index is 766. The normalized spacial score (nSPS) is 18.9. The first-order valence-corrected chi connectivity index (χ1v) is 6.63. The molecule has 0 saturated carbocycles. The van der Waals surface area contributed by atoms with E-state index in [0.717, 1.165) is 18.5 Å². The van der Waals surface area contributed by atoms with Gasteiger partial charge in [0, 0.05) is 25.0 Å². The number of nitrogens with one attached hydrogen (secondary N) is 1. The van der Waals surface area contributed by atoms with E-state index < -0.39 is 17.3 Å². The second kappa shape index (κ2) is 4.47. The van der Waals surface area contributed by atoms with Crippen molar-refractivity contribution in [3.05, 3.63) is 33.6 Å². The Labute approximate surface area is 118 Å². The summed E-state index contributed by atoms with van der Waals surface area (Å²) >= 11 is 0. The Morgan fingerprint density at radius 1 is 1.38 bits per heavy atom. The van der Waals surface area contributed by atoms with Gasteiger partial charge < -0.3 is 9.88 Å². The molecule has 0 fully saturated rings. The molecule has 0 bridgehead atoms. The monoisotopic (exact) mass is 297 g/mol. The molecule has 2 aromatic rings. The maximum Gasteiger partial charge on any atom is 0.417 e. The molecule has 1 N–H and O–H groups in total. The predicted octanol–water partition coefficient (Wildman–Crippen LogP) is 2.89. The van der Waals surface area contributed by atoms with Crippen LogP contribution in [0.5, 0.6) is 0 Å². The van der Waals surface area contributed by atoms with E-state index in [-0.39, 0.29) is 17.0 Å². The van der Waals surface area contributed by atoms with Crippen LogP contribution in [-0.4, -0.2) is 23.6 Å². The van der Waals surface area contributed by atoms with Gasteiger partial charge in [0.2, 0.25) is 5.56 Å². The van der Waals surface area contributed by atoms with Gasteiger partial charge in [-0.1, -0.05) is 6.92 Å². The van der Waals surface area contributed by atoms with Gasteiger partial charge in [-0.15, -0.1) is 0 Å². The number of halogens is 3. The zero-order valence-electron chi connectivity index (χ0n) is 11.6. The molecule has 0 aromatic carbocycles. The van der Waals surface area contributed by atoms with Crippen molar-refractivity contribution in [3.63, 3.8) is 0 Å². The van der Waals surface area contributed by atoms with Crippen LogP contribution >= 0.6 is 0 Å². The van der Waals surface area contributed by atoms with Gasteiger partial charge in [-0.2, -0.15) is 13.2 Å². The minimum atomic E-state index is -4.58. The SMILES string of the molecule is CC1CCN(C)c2nc3[nH]c(=O)cc(C(F)(F)F)c3cc21. The van der Waals surface area contributed by atoms with Crippen LogP contribution in [-0.2, 0) is 6.18 Å². The van der Waals surface area contributed by atoms with E-state index in [1.165, 1.54) is 6.07 Å². The smallest absolute Gasteiger partial charge is 0.359 e. The van der Waals surface area contributed by atoms with E-state index in [1.807, 2.05) is 18.9 Å². The maximum absolute atomic E-state index is 13.1. The predicted molar refractivity (Wildman–Crippen MR) is 73.7 cm³/mol. The lowest BCUT2D eigenvalue weighted by molar-refractivity contribution is -0.136. The fourth-order valence-corrected chi connectivity index (χ4v) is 2.73. The third kappa shape index (κ3) is 2.26. The van der Waals surface area contributed by atoms with Crippen molar-refractivity contribution in [2.75, 3.05) is 18.5 Å². The third-order valence-corrected chi connectivity index (χ3v) is 3.93. The number of nitrogens with zero attached hydrogens (tertiary/aromatic N) is 2. The molecule has 0 radical (unpaired) electrons. The zero-order chi connectivity index (χ0) is 15.4. The van der Waals surface area contributed by atoms with Gasteiger partial charge in [0.05, 0.1) is 5.56 Å². The van der Waals surface area contributed by atoms with Crippen molar-refractivity contribution in [2.24, 2.45) is 0 Å². The average Bonchev–Trinajstić information content (AvgIpc) is 2.39. The number of H-pyrrole nitrogens is 1. The molecule has 0 spiro atoms. The molecule has 7 heteroatoms. The first kappa shape index (κ1) is 13.9. The van der Waals surface area contributed by atoms with Gasteiger partial charge in [-0.25, -0.2) is 4.98 Å². The van der Waals surface area contributed by atoms with Gasteiger partial charge >= 0.3 is 6.18 Å². The molecule has 21 heavy (non-hydrogen) atoms. The summed E-state index contributed by atoms with van der Waals surface area (Å²) in [6.45, 7) is 2.76. The first-order valence-electron chi connectivity index (χ1n) is 6.63. The van der Waals surface area contributed by atoms with E-state index >= 15 is 0 Å². The molecule has 0 aliphatic carbocycles. The van der Waals surface area contributed by atoms with Crippen LogP contribution in [0.25, 0.3) is 11.0 Å². The van der Waals surface area contributed by atoms with Crippen molar-refractivity contribution in [3.8, 4) is 0 Å². The number of hydrogen-bond donors (Lipinski definition) is 1. The summed E-state index contributed by atoms with van der Waals surface area (Å²) in [5.41, 5.74) is -0.964. The second-order valence-electron chi connectivity index (χ2n) is 5.45. The van der Waals surface area contributed by atoms with Crippen LogP contribution < -0.4 is 10.5 Å². The Balaban J connectivity index is 2.37. The summed E-state index contributed by atoms with van der Waals surface area (Å²) < 4.78 is 39.3. The van der Waals surface area contributed by atoms with Gasteiger partial charge in [-0.3, -0.25) is 4.79 Å². The van der Waals surface area contributed by atoms with Crippen LogP contribution in [0.3, 0.4) is 0 Å². The summed E-state index contributed by atoms with van der Waals surface area (Å²) in [6.07, 6.45) is -3.71. The Kier molecular flexibility index (Phi) is 2.96. The zero-order valence-corrected chi connectivity index (χ0v) is 11.6. The highest BCUT2D eigenvalue weighted by atomic mass is 19.4. The summed E-state index contributed by atoms with van der Waals surface area (Å²) in [5, 5.41) is -0.0528. The molecular weight excluding hydrogens is 283 g/mol. The highest BCUT2D eigenvalue weighted by Gasteiger charge is 2.34. The Morgan fingerprint density at radius 3 is 2.76 bits per heavy atom. The lowest BCUT2D eigenvalue weighted by atomic mass is 9.93. The average molecular weight is 297 g/mol. The molecule has 4 nitrogen and oxygen atoms in total. The molecule has 3 heterocycles. The lowest BCUT2D eigenvalue weighted by Gasteiger charge is -2.30. The largest absolute Gasteiger partial charge is 0.417 e. The molecule has 2 aromatic heterocycles. The van der Waals surface area contributed by atoms with E-state index in [2.05, 4.69) is 9.97 Å². The number of aromatic amines is 1. The quantitative estimate of drug-likeness (QED) is 0.813. The van der Waals surface area contributed by atoms with Crippen molar-refractivity contribution >= 4 is 16.9 Å². The minimum absolute atomic E-state index is 0.0190. The van der Waals surface area contributed by atoms with E-state index in [0.29, 0.717) is 11.9 Å². The highest BCUT2D eigenvalue weighted by Crippen LogP contribution is 2.38. The van der Waals surface area contributed by atoms with Gasteiger partial charge in [0.25, 0.3) is 0 Å². The van der Waals surface area contributed by atoms with Crippen molar-refractivity contribution in [1.82, 2.24) is 9.97 Å². The molecule has 1 aliphatic heterocycles. The summed E-state index contributed by atoms with van der Waals surface area (Å²) in [7, 11) is 1.84. The number of alkyl halides is 3. The van der Waals surface area contributed by atoms with Crippen LogP contribution in [0.2, 0.25) is 0 Å². The first-order chi connectivity index (χ1) is 9.77. The van der Waals surface area contributed by atoms with E-state index in [4.69, 9.17) is 0 Å². The lowest BCUT2D eigenvalue weighted by Crippen LogP contribution is -2.28. The van der Waals surface area contributed by atoms with E-state index in [1.54, 1.807) is 0 Å². The van der Waals surface area contributed by atoms with Gasteiger partial charge in [-0.05, 0) is 24.0 Å². The summed E-state index contributed by atoms with van der Waals surface area (Å²) in [4.78, 5) is 20.0. The molecular formula is C14H14F3N3O. The topological polar surface area (TPSA) is 49.0 Å². The molecule has 0 saturated heterocycles. The summed E-state index contributed by atoms with van der Waals surface area (Å²) in [6, 6.07) is 2.10. The van der Waals surface area contributed by atoms with Crippen LogP contribution in [0.1, 0.15) is 30.4 Å². The van der Waals surface area contributed by atoms with Crippen LogP contribution in [0.15, 0.2) is 16.9 Å². The number of rotatable bonds is 0. The molecule has 3 rings (SSSR count). The number of anilines is 1. The highest BCUT2D eigenvalue weighted by molar-refractivity contribution is 5.82.